The SMILES string of the molecule is CC.Cc1cc2[nH]c(=O)oc2cn1. The summed E-state index contributed by atoms with van der Waals surface area (Å²) in [5, 5.41) is 0. The molecule has 0 atom stereocenters. The molecule has 70 valence electrons. The van der Waals surface area contributed by atoms with Crippen molar-refractivity contribution in [1.29, 1.82) is 0 Å². The summed E-state index contributed by atoms with van der Waals surface area (Å²) in [6.07, 6.45) is 1.53. The normalized spacial score (nSPS) is 9.46. The highest BCUT2D eigenvalue weighted by Crippen LogP contribution is 2.07. The van der Waals surface area contributed by atoms with Crippen LogP contribution in [0.25, 0.3) is 11.1 Å². The molecule has 0 unspecified atom stereocenters. The zero-order chi connectivity index (χ0) is 9.84. The summed E-state index contributed by atoms with van der Waals surface area (Å²) in [6.45, 7) is 5.85. The molecule has 2 aromatic rings. The number of hydrogen-bond acceptors (Lipinski definition) is 3. The van der Waals surface area contributed by atoms with Crippen molar-refractivity contribution in [3.8, 4) is 0 Å². The summed E-state index contributed by atoms with van der Waals surface area (Å²) in [6, 6.07) is 1.76. The lowest BCUT2D eigenvalue weighted by molar-refractivity contribution is 0.554. The Bertz CT molecular complexity index is 442. The second-order valence-electron chi connectivity index (χ2n) is 2.34. The van der Waals surface area contributed by atoms with Crippen LogP contribution in [-0.4, -0.2) is 9.97 Å². The Labute approximate surface area is 75.6 Å². The highest BCUT2D eigenvalue weighted by atomic mass is 16.4. The van der Waals surface area contributed by atoms with Gasteiger partial charge in [-0.1, -0.05) is 13.8 Å². The van der Waals surface area contributed by atoms with Crippen molar-refractivity contribution >= 4 is 11.1 Å². The Morgan fingerprint density at radius 1 is 1.46 bits per heavy atom. The predicted molar refractivity (Wildman–Crippen MR) is 50.7 cm³/mol. The average molecular weight is 180 g/mol. The van der Waals surface area contributed by atoms with Gasteiger partial charge in [0.05, 0.1) is 11.7 Å². The highest BCUT2D eigenvalue weighted by molar-refractivity contribution is 5.70. The van der Waals surface area contributed by atoms with Crippen molar-refractivity contribution in [2.45, 2.75) is 20.8 Å². The molecule has 0 aliphatic rings. The summed E-state index contributed by atoms with van der Waals surface area (Å²) < 4.78 is 4.75. The predicted octanol–water partition coefficient (Wildman–Crippen LogP) is 1.85. The molecule has 0 saturated carbocycles. The molecular weight excluding hydrogens is 168 g/mol. The van der Waals surface area contributed by atoms with Crippen molar-refractivity contribution in [1.82, 2.24) is 9.97 Å². The van der Waals surface area contributed by atoms with E-state index in [-0.39, 0.29) is 0 Å². The van der Waals surface area contributed by atoms with Gasteiger partial charge in [-0.15, -0.1) is 0 Å². The first kappa shape index (κ1) is 9.51. The molecule has 2 rings (SSSR count). The van der Waals surface area contributed by atoms with Crippen LogP contribution in [0.2, 0.25) is 0 Å². The number of aromatic nitrogens is 2. The Kier molecular flexibility index (Phi) is 2.84. The van der Waals surface area contributed by atoms with Gasteiger partial charge >= 0.3 is 5.76 Å². The average Bonchev–Trinajstić information content (AvgIpc) is 2.48. The number of H-pyrrole nitrogens is 1. The summed E-state index contributed by atoms with van der Waals surface area (Å²) in [7, 11) is 0. The van der Waals surface area contributed by atoms with Gasteiger partial charge in [-0.2, -0.15) is 0 Å². The quantitative estimate of drug-likeness (QED) is 0.673. The van der Waals surface area contributed by atoms with E-state index < -0.39 is 5.76 Å². The standard InChI is InChI=1S/C7H6N2O2.C2H6/c1-4-2-5-6(3-8-4)11-7(10)9-5;1-2/h2-3H,1H3,(H,9,10);1-2H3. The van der Waals surface area contributed by atoms with E-state index in [4.69, 9.17) is 4.42 Å². The van der Waals surface area contributed by atoms with Crippen LogP contribution in [0.5, 0.6) is 0 Å². The zero-order valence-corrected chi connectivity index (χ0v) is 7.92. The van der Waals surface area contributed by atoms with Gasteiger partial charge in [0.1, 0.15) is 0 Å². The molecule has 4 heteroatoms. The Morgan fingerprint density at radius 2 is 2.15 bits per heavy atom. The van der Waals surface area contributed by atoms with Crippen LogP contribution in [0.4, 0.5) is 0 Å². The smallest absolute Gasteiger partial charge is 0.406 e. The number of fused-ring (bicyclic) bond motifs is 1. The third-order valence-electron chi connectivity index (χ3n) is 1.44. The molecule has 0 spiro atoms. The van der Waals surface area contributed by atoms with E-state index in [9.17, 15) is 4.79 Å². The van der Waals surface area contributed by atoms with E-state index in [2.05, 4.69) is 9.97 Å². The van der Waals surface area contributed by atoms with Crippen molar-refractivity contribution in [2.75, 3.05) is 0 Å². The first-order chi connectivity index (χ1) is 6.25. The molecule has 0 amide bonds. The molecule has 0 saturated heterocycles. The monoisotopic (exact) mass is 180 g/mol. The van der Waals surface area contributed by atoms with Crippen LogP contribution < -0.4 is 5.76 Å². The second kappa shape index (κ2) is 3.89. The van der Waals surface area contributed by atoms with Crippen LogP contribution in [-0.2, 0) is 0 Å². The van der Waals surface area contributed by atoms with E-state index in [1.54, 1.807) is 6.07 Å². The van der Waals surface area contributed by atoms with Gasteiger partial charge in [0.15, 0.2) is 5.58 Å². The molecule has 0 fully saturated rings. The number of nitrogens with zero attached hydrogens (tertiary/aromatic N) is 1. The fraction of sp³-hybridized carbons (Fsp3) is 0.333. The molecule has 1 N–H and O–H groups in total. The minimum absolute atomic E-state index is 0.438. The fourth-order valence-electron chi connectivity index (χ4n) is 0.962. The highest BCUT2D eigenvalue weighted by Gasteiger charge is 1.99. The Balaban J connectivity index is 0.000000396. The van der Waals surface area contributed by atoms with Gasteiger partial charge in [0.2, 0.25) is 0 Å². The number of aromatic amines is 1. The van der Waals surface area contributed by atoms with Gasteiger partial charge in [0.25, 0.3) is 0 Å². The third kappa shape index (κ3) is 1.96. The van der Waals surface area contributed by atoms with E-state index >= 15 is 0 Å². The minimum atomic E-state index is -0.438. The van der Waals surface area contributed by atoms with Gasteiger partial charge in [-0.3, -0.25) is 9.97 Å². The molecule has 2 heterocycles. The number of aryl methyl sites for hydroxylation is 1. The van der Waals surface area contributed by atoms with Gasteiger partial charge in [-0.05, 0) is 13.0 Å². The van der Waals surface area contributed by atoms with Crippen molar-refractivity contribution in [2.24, 2.45) is 0 Å². The van der Waals surface area contributed by atoms with Crippen LogP contribution in [0.3, 0.4) is 0 Å². The van der Waals surface area contributed by atoms with E-state index in [1.807, 2.05) is 20.8 Å². The lowest BCUT2D eigenvalue weighted by Gasteiger charge is -1.87. The summed E-state index contributed by atoms with van der Waals surface area (Å²) in [5.74, 6) is -0.438. The van der Waals surface area contributed by atoms with Crippen molar-refractivity contribution in [3.05, 3.63) is 28.5 Å². The Morgan fingerprint density at radius 3 is 2.85 bits per heavy atom. The number of nitrogens with one attached hydrogen (secondary N) is 1. The maximum atomic E-state index is 10.7. The molecule has 2 aromatic heterocycles. The zero-order valence-electron chi connectivity index (χ0n) is 7.92. The van der Waals surface area contributed by atoms with Crippen molar-refractivity contribution < 1.29 is 4.42 Å². The minimum Gasteiger partial charge on any atom is -0.406 e. The van der Waals surface area contributed by atoms with Crippen LogP contribution in [0, 0.1) is 6.92 Å². The van der Waals surface area contributed by atoms with Crippen LogP contribution in [0.15, 0.2) is 21.5 Å². The molecule has 0 aromatic carbocycles. The molecule has 0 aliphatic carbocycles. The molecular formula is C9H12N2O2. The fourth-order valence-corrected chi connectivity index (χ4v) is 0.962. The van der Waals surface area contributed by atoms with Crippen molar-refractivity contribution in [3.63, 3.8) is 0 Å². The molecule has 13 heavy (non-hydrogen) atoms. The van der Waals surface area contributed by atoms with Gasteiger partial charge in [-0.25, -0.2) is 4.79 Å². The summed E-state index contributed by atoms with van der Waals surface area (Å²) in [5.41, 5.74) is 2.05. The first-order valence-corrected chi connectivity index (χ1v) is 4.21. The van der Waals surface area contributed by atoms with E-state index in [0.717, 1.165) is 5.69 Å². The molecule has 0 bridgehead atoms. The molecule has 0 aliphatic heterocycles. The topological polar surface area (TPSA) is 58.9 Å². The Hall–Kier alpha value is -1.58. The van der Waals surface area contributed by atoms with Gasteiger partial charge < -0.3 is 4.42 Å². The maximum absolute atomic E-state index is 10.7. The second-order valence-corrected chi connectivity index (χ2v) is 2.34. The number of oxazole rings is 1. The number of pyridine rings is 1. The summed E-state index contributed by atoms with van der Waals surface area (Å²) in [4.78, 5) is 17.2. The molecule has 4 nitrogen and oxygen atoms in total. The lowest BCUT2D eigenvalue weighted by Crippen LogP contribution is -1.92. The lowest BCUT2D eigenvalue weighted by atomic mass is 10.3. The summed E-state index contributed by atoms with van der Waals surface area (Å²) >= 11 is 0. The van der Waals surface area contributed by atoms with E-state index in [1.165, 1.54) is 6.20 Å². The number of hydrogen-bond donors (Lipinski definition) is 1. The molecule has 0 radical (unpaired) electrons. The third-order valence-corrected chi connectivity index (χ3v) is 1.44. The van der Waals surface area contributed by atoms with E-state index in [0.29, 0.717) is 11.1 Å². The van der Waals surface area contributed by atoms with Crippen LogP contribution in [0.1, 0.15) is 19.5 Å². The number of rotatable bonds is 0. The van der Waals surface area contributed by atoms with Gasteiger partial charge in [0, 0.05) is 5.69 Å². The maximum Gasteiger partial charge on any atom is 0.417 e. The van der Waals surface area contributed by atoms with Crippen LogP contribution >= 0.6 is 0 Å². The largest absolute Gasteiger partial charge is 0.417 e. The first-order valence-electron chi connectivity index (χ1n) is 4.21.